The van der Waals surface area contributed by atoms with Gasteiger partial charge >= 0.3 is 0 Å². The normalized spacial score (nSPS) is 20.5. The molecule has 0 amide bonds. The molecular formula is C23H30ClN3O2. The van der Waals surface area contributed by atoms with Crippen LogP contribution in [0.15, 0.2) is 42.7 Å². The average molecular weight is 416 g/mol. The summed E-state index contributed by atoms with van der Waals surface area (Å²) in [5, 5.41) is 14.7. The number of piperidine rings is 2. The van der Waals surface area contributed by atoms with Crippen LogP contribution < -0.4 is 10.1 Å². The largest absolute Gasteiger partial charge is 0.491 e. The molecule has 5 nitrogen and oxygen atoms in total. The van der Waals surface area contributed by atoms with Gasteiger partial charge in [0.2, 0.25) is 0 Å². The summed E-state index contributed by atoms with van der Waals surface area (Å²) < 4.78 is 5.90. The lowest BCUT2D eigenvalue weighted by molar-refractivity contribution is 0.0144. The molecule has 0 aliphatic carbocycles. The van der Waals surface area contributed by atoms with Gasteiger partial charge in [0.1, 0.15) is 18.5 Å². The van der Waals surface area contributed by atoms with Crippen LogP contribution in [0.25, 0.3) is 11.1 Å². The molecule has 6 heteroatoms. The van der Waals surface area contributed by atoms with Gasteiger partial charge in [0.05, 0.1) is 0 Å². The molecular weight excluding hydrogens is 386 g/mol. The highest BCUT2D eigenvalue weighted by Crippen LogP contribution is 2.38. The molecule has 1 atom stereocenters. The molecule has 0 bridgehead atoms. The Bertz CT molecular complexity index is 790. The van der Waals surface area contributed by atoms with E-state index in [1.165, 1.54) is 25.7 Å². The maximum absolute atomic E-state index is 10.6. The van der Waals surface area contributed by atoms with E-state index >= 15 is 0 Å². The minimum absolute atomic E-state index is 0.265. The van der Waals surface area contributed by atoms with Gasteiger partial charge in [0.15, 0.2) is 0 Å². The quantitative estimate of drug-likeness (QED) is 0.754. The first-order valence-corrected chi connectivity index (χ1v) is 10.9. The van der Waals surface area contributed by atoms with Crippen LogP contribution in [0.1, 0.15) is 25.7 Å². The number of hydrogen-bond donors (Lipinski definition) is 2. The maximum Gasteiger partial charge on any atom is 0.121 e. The van der Waals surface area contributed by atoms with Crippen molar-refractivity contribution in [3.8, 4) is 16.9 Å². The van der Waals surface area contributed by atoms with Gasteiger partial charge in [-0.25, -0.2) is 0 Å². The Balaban J connectivity index is 1.32. The van der Waals surface area contributed by atoms with E-state index in [0.717, 1.165) is 37.3 Å². The zero-order valence-corrected chi connectivity index (χ0v) is 17.6. The summed E-state index contributed by atoms with van der Waals surface area (Å²) in [4.78, 5) is 6.48. The first-order valence-electron chi connectivity index (χ1n) is 10.6. The molecule has 1 aromatic heterocycles. The number of rotatable bonds is 6. The fourth-order valence-corrected chi connectivity index (χ4v) is 4.96. The van der Waals surface area contributed by atoms with Crippen molar-refractivity contribution in [1.82, 2.24) is 15.2 Å². The van der Waals surface area contributed by atoms with Gasteiger partial charge < -0.3 is 20.1 Å². The summed E-state index contributed by atoms with van der Waals surface area (Å²) in [6, 6.07) is 9.55. The van der Waals surface area contributed by atoms with Crippen LogP contribution in [0.2, 0.25) is 5.02 Å². The molecule has 29 heavy (non-hydrogen) atoms. The second-order valence-electron chi connectivity index (χ2n) is 8.46. The first kappa shape index (κ1) is 20.6. The lowest BCUT2D eigenvalue weighted by atomic mass is 9.73. The lowest BCUT2D eigenvalue weighted by Crippen LogP contribution is -2.50. The highest BCUT2D eigenvalue weighted by molar-refractivity contribution is 6.31. The van der Waals surface area contributed by atoms with E-state index in [2.05, 4.69) is 15.2 Å². The van der Waals surface area contributed by atoms with Crippen LogP contribution in [-0.2, 0) is 0 Å². The highest BCUT2D eigenvalue weighted by atomic mass is 35.5. The van der Waals surface area contributed by atoms with E-state index in [1.54, 1.807) is 18.5 Å². The van der Waals surface area contributed by atoms with Crippen LogP contribution >= 0.6 is 11.6 Å². The first-order chi connectivity index (χ1) is 14.1. The van der Waals surface area contributed by atoms with Crippen molar-refractivity contribution in [2.45, 2.75) is 31.8 Å². The number of benzene rings is 1. The molecule has 2 N–H and O–H groups in total. The Morgan fingerprint density at radius 1 is 1.14 bits per heavy atom. The number of aliphatic hydroxyl groups excluding tert-OH is 1. The van der Waals surface area contributed by atoms with Crippen molar-refractivity contribution in [1.29, 1.82) is 0 Å². The average Bonchev–Trinajstić information content (AvgIpc) is 2.73. The Morgan fingerprint density at radius 2 is 1.93 bits per heavy atom. The third kappa shape index (κ3) is 5.48. The number of nitrogens with zero attached hydrogens (tertiary/aromatic N) is 2. The summed E-state index contributed by atoms with van der Waals surface area (Å²) in [5.41, 5.74) is 2.46. The van der Waals surface area contributed by atoms with Gasteiger partial charge in [-0.2, -0.15) is 0 Å². The number of pyridine rings is 1. The summed E-state index contributed by atoms with van der Waals surface area (Å²) in [6.07, 6.45) is 8.03. The number of likely N-dealkylation sites (tertiary alicyclic amines) is 1. The van der Waals surface area contributed by atoms with Gasteiger partial charge in [-0.3, -0.25) is 4.98 Å². The molecule has 2 aromatic rings. The summed E-state index contributed by atoms with van der Waals surface area (Å²) in [6.45, 7) is 5.32. The second kappa shape index (κ2) is 9.43. The molecule has 1 unspecified atom stereocenters. The number of aromatic nitrogens is 1. The van der Waals surface area contributed by atoms with E-state index in [1.807, 2.05) is 24.3 Å². The lowest BCUT2D eigenvalue weighted by Gasteiger charge is -2.45. The van der Waals surface area contributed by atoms with Crippen LogP contribution in [0.3, 0.4) is 0 Å². The van der Waals surface area contributed by atoms with Crippen LogP contribution in [0, 0.1) is 5.41 Å². The summed E-state index contributed by atoms with van der Waals surface area (Å²) in [7, 11) is 0. The van der Waals surface area contributed by atoms with Crippen LogP contribution in [0.4, 0.5) is 0 Å². The van der Waals surface area contributed by atoms with E-state index in [4.69, 9.17) is 16.3 Å². The molecule has 156 valence electrons. The second-order valence-corrected chi connectivity index (χ2v) is 8.90. The Labute approximate surface area is 178 Å². The van der Waals surface area contributed by atoms with Gasteiger partial charge in [0.25, 0.3) is 0 Å². The van der Waals surface area contributed by atoms with Gasteiger partial charge in [-0.05, 0) is 92.2 Å². The van der Waals surface area contributed by atoms with Gasteiger partial charge in [-0.15, -0.1) is 0 Å². The molecule has 2 aliphatic heterocycles. The Kier molecular flexibility index (Phi) is 6.70. The van der Waals surface area contributed by atoms with Gasteiger partial charge in [0, 0.05) is 30.5 Å². The van der Waals surface area contributed by atoms with Crippen LogP contribution in [0.5, 0.6) is 5.75 Å². The van der Waals surface area contributed by atoms with Crippen molar-refractivity contribution in [3.63, 3.8) is 0 Å². The highest BCUT2D eigenvalue weighted by Gasteiger charge is 2.36. The smallest absolute Gasteiger partial charge is 0.121 e. The minimum atomic E-state index is -0.518. The zero-order chi connectivity index (χ0) is 20.1. The number of nitrogens with one attached hydrogen (secondary N) is 1. The third-order valence-electron chi connectivity index (χ3n) is 6.20. The van der Waals surface area contributed by atoms with E-state index in [-0.39, 0.29) is 6.61 Å². The van der Waals surface area contributed by atoms with E-state index in [9.17, 15) is 5.11 Å². The summed E-state index contributed by atoms with van der Waals surface area (Å²) >= 11 is 6.28. The Hall–Kier alpha value is -1.66. The SMILES string of the molecule is OC(COc1cc(Cl)cc(-c2ccncc2)c1)CN1CCCC2(CCNCC2)C1. The molecule has 1 aromatic carbocycles. The number of β-amino-alcohol motifs (C(OH)–C–C–N with tert-alkyl or cyclic N) is 1. The maximum atomic E-state index is 10.6. The molecule has 4 rings (SSSR count). The van der Waals surface area contributed by atoms with Gasteiger partial charge in [-0.1, -0.05) is 11.6 Å². The fraction of sp³-hybridized carbons (Fsp3) is 0.522. The number of hydrogen-bond acceptors (Lipinski definition) is 5. The van der Waals surface area contributed by atoms with Crippen LogP contribution in [-0.4, -0.2) is 60.4 Å². The molecule has 2 aliphatic rings. The van der Waals surface area contributed by atoms with Crippen molar-refractivity contribution >= 4 is 11.6 Å². The molecule has 0 radical (unpaired) electrons. The number of aliphatic hydroxyl groups is 1. The van der Waals surface area contributed by atoms with E-state index < -0.39 is 6.10 Å². The molecule has 1 spiro atoms. The molecule has 3 heterocycles. The minimum Gasteiger partial charge on any atom is -0.491 e. The predicted octanol–water partition coefficient (Wildman–Crippen LogP) is 3.61. The molecule has 0 saturated carbocycles. The monoisotopic (exact) mass is 415 g/mol. The number of ether oxygens (including phenoxy) is 1. The topological polar surface area (TPSA) is 57.6 Å². The van der Waals surface area contributed by atoms with Crippen molar-refractivity contribution < 1.29 is 9.84 Å². The molecule has 2 fully saturated rings. The third-order valence-corrected chi connectivity index (χ3v) is 6.42. The van der Waals surface area contributed by atoms with Crippen molar-refractivity contribution in [2.24, 2.45) is 5.41 Å². The summed E-state index contributed by atoms with van der Waals surface area (Å²) in [5.74, 6) is 0.678. The standard InChI is InChI=1S/C23H30ClN3O2/c24-20-12-19(18-2-7-25-8-3-18)13-22(14-20)29-16-21(28)15-27-11-1-4-23(17-27)5-9-26-10-6-23/h2-3,7-8,12-14,21,26,28H,1,4-6,9-11,15-17H2. The predicted molar refractivity (Wildman–Crippen MR) is 116 cm³/mol. The fourth-order valence-electron chi connectivity index (χ4n) is 4.73. The zero-order valence-electron chi connectivity index (χ0n) is 16.8. The van der Waals surface area contributed by atoms with E-state index in [0.29, 0.717) is 22.7 Å². The molecule has 2 saturated heterocycles. The Morgan fingerprint density at radius 3 is 2.72 bits per heavy atom. The van der Waals surface area contributed by atoms with Crippen molar-refractivity contribution in [2.75, 3.05) is 39.3 Å². The van der Waals surface area contributed by atoms with Crippen molar-refractivity contribution in [3.05, 3.63) is 47.7 Å². The number of halogens is 1.